The number of carbonyl (C=O) groups is 2. The predicted molar refractivity (Wildman–Crippen MR) is 104 cm³/mol. The zero-order valence-electron chi connectivity index (χ0n) is 14.7. The van der Waals surface area contributed by atoms with Gasteiger partial charge in [-0.15, -0.1) is 11.3 Å². The molecule has 0 aliphatic rings. The van der Waals surface area contributed by atoms with E-state index in [1.54, 1.807) is 35.8 Å². The Bertz CT molecular complexity index is 994. The minimum atomic E-state index is -0.978. The second-order valence-electron chi connectivity index (χ2n) is 5.82. The molecular formula is C20H17N3O3S. The lowest BCUT2D eigenvalue weighted by atomic mass is 10.2. The average Bonchev–Trinajstić information content (AvgIpc) is 3.16. The van der Waals surface area contributed by atoms with E-state index in [-0.39, 0.29) is 18.9 Å². The highest BCUT2D eigenvalue weighted by Gasteiger charge is 2.25. The molecule has 0 saturated heterocycles. The summed E-state index contributed by atoms with van der Waals surface area (Å²) in [5, 5.41) is 8.87. The monoisotopic (exact) mass is 379 g/mol. The number of anilines is 1. The van der Waals surface area contributed by atoms with Crippen molar-refractivity contribution in [2.24, 2.45) is 0 Å². The topological polar surface area (TPSA) is 83.3 Å². The molecule has 1 atom stereocenters. The molecule has 6 nitrogen and oxygen atoms in total. The van der Waals surface area contributed by atoms with Crippen molar-refractivity contribution in [2.75, 3.05) is 11.4 Å². The number of fused-ring (bicyclic) bond motifs is 1. The Morgan fingerprint density at radius 3 is 2.78 bits per heavy atom. The van der Waals surface area contributed by atoms with Crippen LogP contribution in [0, 0.1) is 11.3 Å². The van der Waals surface area contributed by atoms with E-state index in [0.717, 1.165) is 10.2 Å². The maximum Gasteiger partial charge on any atom is 0.338 e. The van der Waals surface area contributed by atoms with Gasteiger partial charge in [-0.25, -0.2) is 9.78 Å². The number of ether oxygens (including phenoxy) is 1. The Kier molecular flexibility index (Phi) is 5.79. The molecule has 0 spiro atoms. The largest absolute Gasteiger partial charge is 0.449 e. The van der Waals surface area contributed by atoms with E-state index in [2.05, 4.69) is 4.98 Å². The van der Waals surface area contributed by atoms with Gasteiger partial charge in [0, 0.05) is 12.2 Å². The molecule has 0 N–H and O–H groups in total. The lowest BCUT2D eigenvalue weighted by Gasteiger charge is -2.25. The number of amides is 1. The van der Waals surface area contributed by atoms with Crippen LogP contribution in [0.25, 0.3) is 10.2 Å². The smallest absolute Gasteiger partial charge is 0.338 e. The molecule has 3 aromatic rings. The van der Waals surface area contributed by atoms with Crippen molar-refractivity contribution in [1.29, 1.82) is 5.26 Å². The quantitative estimate of drug-likeness (QED) is 0.609. The summed E-state index contributed by atoms with van der Waals surface area (Å²) in [5.41, 5.74) is 3.55. The fourth-order valence-electron chi connectivity index (χ4n) is 2.62. The van der Waals surface area contributed by atoms with Crippen molar-refractivity contribution in [3.63, 3.8) is 0 Å². The van der Waals surface area contributed by atoms with Gasteiger partial charge in [-0.05, 0) is 37.3 Å². The van der Waals surface area contributed by atoms with Crippen LogP contribution in [0.1, 0.15) is 23.7 Å². The fourth-order valence-corrected chi connectivity index (χ4v) is 3.33. The summed E-state index contributed by atoms with van der Waals surface area (Å²) in [7, 11) is 0. The molecule has 1 amide bonds. The molecule has 0 fully saturated rings. The van der Waals surface area contributed by atoms with Gasteiger partial charge in [0.1, 0.15) is 0 Å². The molecule has 27 heavy (non-hydrogen) atoms. The zero-order chi connectivity index (χ0) is 19.2. The van der Waals surface area contributed by atoms with Gasteiger partial charge in [-0.2, -0.15) is 5.26 Å². The normalized spacial score (nSPS) is 11.6. The molecule has 7 heteroatoms. The third-order valence-corrected chi connectivity index (χ3v) is 4.77. The second-order valence-corrected chi connectivity index (χ2v) is 6.70. The van der Waals surface area contributed by atoms with Crippen molar-refractivity contribution < 1.29 is 14.3 Å². The molecule has 1 heterocycles. The van der Waals surface area contributed by atoms with Crippen LogP contribution in [0.2, 0.25) is 0 Å². The van der Waals surface area contributed by atoms with Crippen LogP contribution < -0.4 is 4.90 Å². The molecule has 0 saturated carbocycles. The third-order valence-electron chi connectivity index (χ3n) is 3.98. The van der Waals surface area contributed by atoms with E-state index < -0.39 is 12.1 Å². The molecular weight excluding hydrogens is 362 g/mol. The highest BCUT2D eigenvalue weighted by Crippen LogP contribution is 2.21. The van der Waals surface area contributed by atoms with E-state index >= 15 is 0 Å². The van der Waals surface area contributed by atoms with E-state index in [0.29, 0.717) is 11.3 Å². The van der Waals surface area contributed by atoms with E-state index in [9.17, 15) is 9.59 Å². The van der Waals surface area contributed by atoms with Crippen molar-refractivity contribution in [2.45, 2.75) is 19.4 Å². The van der Waals surface area contributed by atoms with Gasteiger partial charge in [0.05, 0.1) is 33.8 Å². The molecule has 0 aliphatic heterocycles. The standard InChI is InChI=1S/C20H17N3O3S/c1-14(19(24)23(11-5-10-21)16-6-3-2-4-7-16)26-20(25)15-8-9-17-18(12-15)27-13-22-17/h2-4,6-9,12-14H,5,11H2,1H3. The predicted octanol–water partition coefficient (Wildman–Crippen LogP) is 3.79. The molecule has 0 radical (unpaired) electrons. The van der Waals surface area contributed by atoms with Gasteiger partial charge < -0.3 is 9.64 Å². The maximum atomic E-state index is 12.8. The number of thiazole rings is 1. The van der Waals surface area contributed by atoms with Gasteiger partial charge in [0.2, 0.25) is 0 Å². The molecule has 0 bridgehead atoms. The van der Waals surface area contributed by atoms with E-state index in [1.807, 2.05) is 24.3 Å². The Morgan fingerprint density at radius 2 is 2.04 bits per heavy atom. The van der Waals surface area contributed by atoms with Crippen molar-refractivity contribution >= 4 is 39.1 Å². The van der Waals surface area contributed by atoms with Crippen LogP contribution in [0.3, 0.4) is 0 Å². The molecule has 1 unspecified atom stereocenters. The number of hydrogen-bond donors (Lipinski definition) is 0. The van der Waals surface area contributed by atoms with Gasteiger partial charge in [-0.3, -0.25) is 4.79 Å². The number of esters is 1. The Balaban J connectivity index is 1.74. The summed E-state index contributed by atoms with van der Waals surface area (Å²) >= 11 is 1.43. The summed E-state index contributed by atoms with van der Waals surface area (Å²) < 4.78 is 6.26. The Labute approximate surface area is 160 Å². The van der Waals surface area contributed by atoms with Gasteiger partial charge in [0.25, 0.3) is 5.91 Å². The highest BCUT2D eigenvalue weighted by atomic mass is 32.1. The van der Waals surface area contributed by atoms with E-state index in [4.69, 9.17) is 10.00 Å². The number of aromatic nitrogens is 1. The summed E-state index contributed by atoms with van der Waals surface area (Å²) in [4.78, 5) is 30.9. The Morgan fingerprint density at radius 1 is 1.26 bits per heavy atom. The first kappa shape index (κ1) is 18.5. The van der Waals surface area contributed by atoms with Crippen LogP contribution in [0.5, 0.6) is 0 Å². The van der Waals surface area contributed by atoms with Crippen molar-refractivity contribution in [1.82, 2.24) is 4.98 Å². The van der Waals surface area contributed by atoms with Crippen LogP contribution in [-0.4, -0.2) is 29.5 Å². The van der Waals surface area contributed by atoms with Crippen LogP contribution >= 0.6 is 11.3 Å². The lowest BCUT2D eigenvalue weighted by Crippen LogP contribution is -2.40. The van der Waals surface area contributed by atoms with Crippen LogP contribution in [0.4, 0.5) is 5.69 Å². The number of nitrogens with zero attached hydrogens (tertiary/aromatic N) is 3. The summed E-state index contributed by atoms with van der Waals surface area (Å²) in [5.74, 6) is -0.942. The molecule has 2 aromatic carbocycles. The summed E-state index contributed by atoms with van der Waals surface area (Å²) in [6.45, 7) is 1.77. The summed E-state index contributed by atoms with van der Waals surface area (Å²) in [6, 6.07) is 16.1. The number of nitriles is 1. The minimum Gasteiger partial charge on any atom is -0.449 e. The number of rotatable bonds is 6. The van der Waals surface area contributed by atoms with Gasteiger partial charge in [-0.1, -0.05) is 18.2 Å². The number of carbonyl (C=O) groups excluding carboxylic acids is 2. The number of para-hydroxylation sites is 1. The van der Waals surface area contributed by atoms with Crippen LogP contribution in [-0.2, 0) is 9.53 Å². The number of benzene rings is 2. The molecule has 3 rings (SSSR count). The van der Waals surface area contributed by atoms with Crippen molar-refractivity contribution in [3.05, 3.63) is 59.6 Å². The molecule has 1 aromatic heterocycles. The highest BCUT2D eigenvalue weighted by molar-refractivity contribution is 7.16. The third kappa shape index (κ3) is 4.30. The maximum absolute atomic E-state index is 12.8. The van der Waals surface area contributed by atoms with Gasteiger partial charge >= 0.3 is 5.97 Å². The lowest BCUT2D eigenvalue weighted by molar-refractivity contribution is -0.126. The number of hydrogen-bond acceptors (Lipinski definition) is 6. The first-order valence-corrected chi connectivity index (χ1v) is 9.25. The van der Waals surface area contributed by atoms with Crippen molar-refractivity contribution in [3.8, 4) is 6.07 Å². The van der Waals surface area contributed by atoms with E-state index in [1.165, 1.54) is 23.2 Å². The first-order chi connectivity index (χ1) is 13.1. The van der Waals surface area contributed by atoms with Gasteiger partial charge in [0.15, 0.2) is 6.10 Å². The Hall–Kier alpha value is -3.24. The SMILES string of the molecule is CC(OC(=O)c1ccc2ncsc2c1)C(=O)N(CCC#N)c1ccccc1. The zero-order valence-corrected chi connectivity index (χ0v) is 15.5. The summed E-state index contributed by atoms with van der Waals surface area (Å²) in [6.07, 6.45) is -0.794. The van der Waals surface area contributed by atoms with Crippen LogP contribution in [0.15, 0.2) is 54.0 Å². The molecule has 136 valence electrons. The minimum absolute atomic E-state index is 0.184. The fraction of sp³-hybridized carbons (Fsp3) is 0.200. The first-order valence-electron chi connectivity index (χ1n) is 8.38. The average molecular weight is 379 g/mol. The molecule has 0 aliphatic carbocycles. The second kappa shape index (κ2) is 8.43.